The Balaban J connectivity index is 0.00000156. The van der Waals surface area contributed by atoms with E-state index in [2.05, 4.69) is 38.5 Å². The van der Waals surface area contributed by atoms with Crippen LogP contribution in [0.25, 0.3) is 22.4 Å². The molecule has 0 bridgehead atoms. The quantitative estimate of drug-likeness (QED) is 0.777. The number of nitrogens with zero attached hydrogens (tertiary/aromatic N) is 4. The van der Waals surface area contributed by atoms with Crippen LogP contribution in [0.2, 0.25) is 0 Å². The van der Waals surface area contributed by atoms with E-state index in [9.17, 15) is 0 Å². The summed E-state index contributed by atoms with van der Waals surface area (Å²) >= 11 is 0. The number of pyridine rings is 1. The summed E-state index contributed by atoms with van der Waals surface area (Å²) in [5.74, 6) is 1.19. The Labute approximate surface area is 140 Å². The van der Waals surface area contributed by atoms with Crippen LogP contribution in [0.4, 0.5) is 0 Å². The van der Waals surface area contributed by atoms with Crippen molar-refractivity contribution in [3.63, 3.8) is 0 Å². The third kappa shape index (κ3) is 2.93. The van der Waals surface area contributed by atoms with Gasteiger partial charge in [-0.3, -0.25) is 9.88 Å². The molecule has 23 heavy (non-hydrogen) atoms. The largest absolute Gasteiger partial charge is 0.332 e. The molecule has 0 radical (unpaired) electrons. The lowest BCUT2D eigenvalue weighted by atomic mass is 10.1. The van der Waals surface area contributed by atoms with Gasteiger partial charge < -0.3 is 9.84 Å². The van der Waals surface area contributed by atoms with Crippen LogP contribution in [0.5, 0.6) is 0 Å². The molecule has 1 saturated heterocycles. The summed E-state index contributed by atoms with van der Waals surface area (Å²) in [6.07, 6.45) is 1.77. The van der Waals surface area contributed by atoms with Gasteiger partial charge in [-0.15, -0.1) is 12.4 Å². The molecule has 0 amide bonds. The van der Waals surface area contributed by atoms with Crippen molar-refractivity contribution in [2.45, 2.75) is 6.04 Å². The van der Waals surface area contributed by atoms with Gasteiger partial charge in [0.1, 0.15) is 5.69 Å². The van der Waals surface area contributed by atoms with E-state index < -0.39 is 0 Å². The molecule has 1 atom stereocenters. The molecule has 120 valence electrons. The highest BCUT2D eigenvalue weighted by atomic mass is 35.5. The SMILES string of the molecule is CN1CCNCC1c1noc(-c2nccc3ccccc23)n1.Cl. The lowest BCUT2D eigenvalue weighted by Gasteiger charge is -2.30. The minimum absolute atomic E-state index is 0. The minimum atomic E-state index is 0. The third-order valence-electron chi connectivity index (χ3n) is 4.13. The van der Waals surface area contributed by atoms with Gasteiger partial charge in [0.25, 0.3) is 5.89 Å². The van der Waals surface area contributed by atoms with E-state index in [0.29, 0.717) is 11.7 Å². The molecule has 7 heteroatoms. The van der Waals surface area contributed by atoms with E-state index >= 15 is 0 Å². The van der Waals surface area contributed by atoms with Crippen LogP contribution in [-0.4, -0.2) is 46.7 Å². The molecular formula is C16H18ClN5O. The molecule has 1 unspecified atom stereocenters. The molecule has 0 spiro atoms. The monoisotopic (exact) mass is 331 g/mol. The first-order valence-corrected chi connectivity index (χ1v) is 7.41. The number of piperazine rings is 1. The van der Waals surface area contributed by atoms with Gasteiger partial charge in [0.2, 0.25) is 0 Å². The first-order valence-electron chi connectivity index (χ1n) is 7.41. The standard InChI is InChI=1S/C16H17N5O.ClH/c1-21-9-8-17-10-13(21)15-19-16(22-20-15)14-12-5-3-2-4-11(12)6-7-18-14;/h2-7,13,17H,8-10H2,1H3;1H. The smallest absolute Gasteiger partial charge is 0.277 e. The lowest BCUT2D eigenvalue weighted by molar-refractivity contribution is 0.190. The second-order valence-electron chi connectivity index (χ2n) is 5.54. The topological polar surface area (TPSA) is 67.1 Å². The Morgan fingerprint density at radius 1 is 1.26 bits per heavy atom. The minimum Gasteiger partial charge on any atom is -0.332 e. The van der Waals surface area contributed by atoms with E-state index in [-0.39, 0.29) is 18.4 Å². The summed E-state index contributed by atoms with van der Waals surface area (Å²) in [7, 11) is 2.08. The fourth-order valence-corrected chi connectivity index (χ4v) is 2.85. The van der Waals surface area contributed by atoms with Gasteiger partial charge >= 0.3 is 0 Å². The van der Waals surface area contributed by atoms with Crippen molar-refractivity contribution < 1.29 is 4.52 Å². The van der Waals surface area contributed by atoms with Gasteiger partial charge in [0.05, 0.1) is 6.04 Å². The third-order valence-corrected chi connectivity index (χ3v) is 4.13. The number of halogens is 1. The maximum absolute atomic E-state index is 5.48. The molecule has 3 aromatic rings. The second-order valence-corrected chi connectivity index (χ2v) is 5.54. The molecule has 1 N–H and O–H groups in total. The lowest BCUT2D eigenvalue weighted by Crippen LogP contribution is -2.44. The number of nitrogens with one attached hydrogen (secondary N) is 1. The van der Waals surface area contributed by atoms with Crippen molar-refractivity contribution in [2.24, 2.45) is 0 Å². The van der Waals surface area contributed by atoms with Gasteiger partial charge in [-0.25, -0.2) is 0 Å². The molecule has 6 nitrogen and oxygen atoms in total. The van der Waals surface area contributed by atoms with Crippen molar-refractivity contribution in [3.8, 4) is 11.6 Å². The number of aromatic nitrogens is 3. The van der Waals surface area contributed by atoms with E-state index in [1.54, 1.807) is 6.20 Å². The molecule has 1 aromatic carbocycles. The summed E-state index contributed by atoms with van der Waals surface area (Å²) in [6, 6.07) is 10.2. The molecule has 3 heterocycles. The van der Waals surface area contributed by atoms with E-state index in [1.807, 2.05) is 24.3 Å². The van der Waals surface area contributed by atoms with Crippen molar-refractivity contribution in [1.29, 1.82) is 0 Å². The average molecular weight is 332 g/mol. The number of benzene rings is 1. The molecule has 1 aliphatic rings. The van der Waals surface area contributed by atoms with Crippen molar-refractivity contribution >= 4 is 23.2 Å². The van der Waals surface area contributed by atoms with Crippen LogP contribution in [0.15, 0.2) is 41.1 Å². The number of fused-ring (bicyclic) bond motifs is 1. The Hall–Kier alpha value is -2.02. The van der Waals surface area contributed by atoms with Crippen LogP contribution in [0.1, 0.15) is 11.9 Å². The zero-order chi connectivity index (χ0) is 14.9. The van der Waals surface area contributed by atoms with Crippen LogP contribution in [0.3, 0.4) is 0 Å². The first-order chi connectivity index (χ1) is 10.8. The van der Waals surface area contributed by atoms with Crippen LogP contribution >= 0.6 is 12.4 Å². The number of hydrogen-bond donors (Lipinski definition) is 1. The number of hydrogen-bond acceptors (Lipinski definition) is 6. The predicted octanol–water partition coefficient (Wildman–Crippen LogP) is 2.28. The highest BCUT2D eigenvalue weighted by Crippen LogP contribution is 2.27. The molecule has 0 saturated carbocycles. The second kappa shape index (κ2) is 6.62. The Morgan fingerprint density at radius 2 is 2.13 bits per heavy atom. The van der Waals surface area contributed by atoms with Crippen molar-refractivity contribution in [3.05, 3.63) is 42.4 Å². The van der Waals surface area contributed by atoms with E-state index in [4.69, 9.17) is 4.52 Å². The molecular weight excluding hydrogens is 314 g/mol. The van der Waals surface area contributed by atoms with Gasteiger partial charge in [-0.1, -0.05) is 29.4 Å². The van der Waals surface area contributed by atoms with Gasteiger partial charge in [0.15, 0.2) is 5.82 Å². The van der Waals surface area contributed by atoms with Crippen LogP contribution in [-0.2, 0) is 0 Å². The molecule has 1 fully saturated rings. The maximum Gasteiger partial charge on any atom is 0.277 e. The zero-order valence-electron chi connectivity index (χ0n) is 12.8. The predicted molar refractivity (Wildman–Crippen MR) is 90.5 cm³/mol. The van der Waals surface area contributed by atoms with Crippen LogP contribution in [0, 0.1) is 0 Å². The number of rotatable bonds is 2. The highest BCUT2D eigenvalue weighted by Gasteiger charge is 2.26. The molecule has 4 rings (SSSR count). The van der Waals surface area contributed by atoms with E-state index in [0.717, 1.165) is 36.1 Å². The van der Waals surface area contributed by atoms with Crippen LogP contribution < -0.4 is 5.32 Å². The normalized spacial score (nSPS) is 18.7. The zero-order valence-corrected chi connectivity index (χ0v) is 13.6. The Kier molecular flexibility index (Phi) is 4.56. The van der Waals surface area contributed by atoms with Crippen molar-refractivity contribution in [2.75, 3.05) is 26.7 Å². The fourth-order valence-electron chi connectivity index (χ4n) is 2.85. The highest BCUT2D eigenvalue weighted by molar-refractivity contribution is 5.92. The average Bonchev–Trinajstić information content (AvgIpc) is 3.04. The fraction of sp³-hybridized carbons (Fsp3) is 0.312. The molecule has 0 aliphatic carbocycles. The Bertz CT molecular complexity index is 801. The van der Waals surface area contributed by atoms with E-state index in [1.165, 1.54) is 0 Å². The van der Waals surface area contributed by atoms with Gasteiger partial charge in [0, 0.05) is 31.2 Å². The van der Waals surface area contributed by atoms with Gasteiger partial charge in [-0.2, -0.15) is 4.98 Å². The molecule has 2 aromatic heterocycles. The first kappa shape index (κ1) is 15.9. The Morgan fingerprint density at radius 3 is 3.00 bits per heavy atom. The molecule has 1 aliphatic heterocycles. The summed E-state index contributed by atoms with van der Waals surface area (Å²) in [5.41, 5.74) is 0.739. The number of likely N-dealkylation sites (N-methyl/N-ethyl adjacent to an activating group) is 1. The summed E-state index contributed by atoms with van der Waals surface area (Å²) < 4.78 is 5.48. The summed E-state index contributed by atoms with van der Waals surface area (Å²) in [4.78, 5) is 11.2. The summed E-state index contributed by atoms with van der Waals surface area (Å²) in [6.45, 7) is 2.79. The van der Waals surface area contributed by atoms with Crippen molar-refractivity contribution in [1.82, 2.24) is 25.3 Å². The summed E-state index contributed by atoms with van der Waals surface area (Å²) in [5, 5.41) is 9.67. The van der Waals surface area contributed by atoms with Gasteiger partial charge in [-0.05, 0) is 18.5 Å². The maximum atomic E-state index is 5.48.